The van der Waals surface area contributed by atoms with Gasteiger partial charge < -0.3 is 9.80 Å². The predicted octanol–water partition coefficient (Wildman–Crippen LogP) is 3.38. The number of carbonyl (C=O) groups is 1. The quantitative estimate of drug-likeness (QED) is 0.791. The Morgan fingerprint density at radius 2 is 2.21 bits per heavy atom. The van der Waals surface area contributed by atoms with Crippen LogP contribution in [0.2, 0.25) is 0 Å². The smallest absolute Gasteiger partial charge is 0.254 e. The first-order valence-electron chi connectivity index (χ1n) is 6.40. The van der Waals surface area contributed by atoms with Gasteiger partial charge in [-0.2, -0.15) is 0 Å². The third-order valence-corrected chi connectivity index (χ3v) is 4.85. The zero-order chi connectivity index (χ0) is 14.0. The van der Waals surface area contributed by atoms with E-state index in [0.29, 0.717) is 11.6 Å². The Hall–Kier alpha value is -0.390. The van der Waals surface area contributed by atoms with E-state index in [2.05, 4.69) is 43.8 Å². The van der Waals surface area contributed by atoms with E-state index in [-0.39, 0.29) is 5.91 Å². The summed E-state index contributed by atoms with van der Waals surface area (Å²) in [5.74, 6) is 0.0634. The number of halogens is 2. The Morgan fingerprint density at radius 3 is 2.84 bits per heavy atom. The monoisotopic (exact) mass is 388 g/mol. The first kappa shape index (κ1) is 15.0. The summed E-state index contributed by atoms with van der Waals surface area (Å²) in [6.45, 7) is 1.92. The lowest BCUT2D eigenvalue weighted by Gasteiger charge is -2.26. The van der Waals surface area contributed by atoms with Crippen molar-refractivity contribution < 1.29 is 4.79 Å². The van der Waals surface area contributed by atoms with E-state index in [9.17, 15) is 4.79 Å². The molecule has 2 rings (SSSR count). The molecular formula is C14H18Br2N2O. The van der Waals surface area contributed by atoms with E-state index in [1.165, 1.54) is 12.8 Å². The lowest BCUT2D eigenvalue weighted by atomic mass is 10.1. The molecule has 1 aliphatic heterocycles. The van der Waals surface area contributed by atoms with Gasteiger partial charge in [-0.3, -0.25) is 4.79 Å². The number of carbonyl (C=O) groups excluding carboxylic acids is 1. The number of amides is 1. The highest BCUT2D eigenvalue weighted by Crippen LogP contribution is 2.23. The summed E-state index contributed by atoms with van der Waals surface area (Å²) in [6, 6.07) is 6.17. The van der Waals surface area contributed by atoms with Crippen LogP contribution in [0.4, 0.5) is 0 Å². The van der Waals surface area contributed by atoms with Gasteiger partial charge in [-0.05, 0) is 60.6 Å². The van der Waals surface area contributed by atoms with E-state index in [0.717, 1.165) is 22.0 Å². The van der Waals surface area contributed by atoms with Gasteiger partial charge in [-0.1, -0.05) is 15.9 Å². The molecule has 0 N–H and O–H groups in total. The fraction of sp³-hybridized carbons (Fsp3) is 0.500. The molecule has 0 aliphatic carbocycles. The standard InChI is InChI=1S/C14H18Br2N2O/c1-17-7-3-4-11(17)9-18(2)14(19)12-8-10(15)5-6-13(12)16/h5-6,8,11H,3-4,7,9H2,1-2H3. The Kier molecular flexibility index (Phi) is 5.03. The topological polar surface area (TPSA) is 23.6 Å². The Morgan fingerprint density at radius 1 is 1.47 bits per heavy atom. The molecule has 1 amide bonds. The van der Waals surface area contributed by atoms with Gasteiger partial charge in [0.2, 0.25) is 0 Å². The molecule has 3 nitrogen and oxygen atoms in total. The van der Waals surface area contributed by atoms with Crippen LogP contribution in [0.25, 0.3) is 0 Å². The Labute approximate surface area is 131 Å². The lowest BCUT2D eigenvalue weighted by Crippen LogP contribution is -2.39. The zero-order valence-electron chi connectivity index (χ0n) is 11.2. The van der Waals surface area contributed by atoms with Crippen molar-refractivity contribution in [1.29, 1.82) is 0 Å². The highest BCUT2D eigenvalue weighted by atomic mass is 79.9. The molecule has 1 fully saturated rings. The highest BCUT2D eigenvalue weighted by Gasteiger charge is 2.25. The molecule has 1 aliphatic rings. The van der Waals surface area contributed by atoms with Gasteiger partial charge in [-0.25, -0.2) is 0 Å². The van der Waals surface area contributed by atoms with Crippen molar-refractivity contribution in [3.05, 3.63) is 32.7 Å². The van der Waals surface area contributed by atoms with Gasteiger partial charge in [0.1, 0.15) is 0 Å². The molecule has 19 heavy (non-hydrogen) atoms. The molecule has 1 unspecified atom stereocenters. The van der Waals surface area contributed by atoms with Crippen LogP contribution in [0.5, 0.6) is 0 Å². The number of hydrogen-bond donors (Lipinski definition) is 0. The first-order chi connectivity index (χ1) is 8.99. The normalized spacial score (nSPS) is 19.7. The summed E-state index contributed by atoms with van der Waals surface area (Å²) in [5, 5.41) is 0. The lowest BCUT2D eigenvalue weighted by molar-refractivity contribution is 0.0760. The van der Waals surface area contributed by atoms with E-state index in [1.54, 1.807) is 0 Å². The maximum Gasteiger partial charge on any atom is 0.254 e. The van der Waals surface area contributed by atoms with Crippen LogP contribution in [0.3, 0.4) is 0 Å². The Balaban J connectivity index is 2.08. The summed E-state index contributed by atoms with van der Waals surface area (Å²) in [5.41, 5.74) is 0.706. The van der Waals surface area contributed by atoms with Crippen LogP contribution >= 0.6 is 31.9 Å². The number of rotatable bonds is 3. The van der Waals surface area contributed by atoms with Crippen molar-refractivity contribution in [1.82, 2.24) is 9.80 Å². The minimum absolute atomic E-state index is 0.0634. The van der Waals surface area contributed by atoms with Crippen LogP contribution in [0.1, 0.15) is 23.2 Å². The van der Waals surface area contributed by atoms with E-state index in [1.807, 2.05) is 30.1 Å². The molecule has 0 saturated carbocycles. The summed E-state index contributed by atoms with van der Waals surface area (Å²) in [7, 11) is 4.01. The molecule has 0 aromatic heterocycles. The van der Waals surface area contributed by atoms with Crippen LogP contribution in [-0.2, 0) is 0 Å². The number of likely N-dealkylation sites (tertiary alicyclic amines) is 1. The summed E-state index contributed by atoms with van der Waals surface area (Å²) in [4.78, 5) is 16.6. The number of hydrogen-bond acceptors (Lipinski definition) is 2. The average molecular weight is 390 g/mol. The molecule has 1 aromatic rings. The molecule has 0 spiro atoms. The second-order valence-corrected chi connectivity index (χ2v) is 6.86. The molecule has 104 valence electrons. The molecule has 0 radical (unpaired) electrons. The summed E-state index contributed by atoms with van der Waals surface area (Å²) >= 11 is 6.86. The van der Waals surface area contributed by atoms with E-state index < -0.39 is 0 Å². The van der Waals surface area contributed by atoms with Crippen LogP contribution in [0, 0.1) is 0 Å². The highest BCUT2D eigenvalue weighted by molar-refractivity contribution is 9.11. The van der Waals surface area contributed by atoms with Gasteiger partial charge in [0.25, 0.3) is 5.91 Å². The van der Waals surface area contributed by atoms with Gasteiger partial charge in [0.15, 0.2) is 0 Å². The average Bonchev–Trinajstić information content (AvgIpc) is 2.77. The molecule has 1 atom stereocenters. The maximum absolute atomic E-state index is 12.5. The fourth-order valence-electron chi connectivity index (χ4n) is 2.48. The van der Waals surface area contributed by atoms with E-state index >= 15 is 0 Å². The minimum atomic E-state index is 0.0634. The third-order valence-electron chi connectivity index (χ3n) is 3.66. The van der Waals surface area contributed by atoms with Gasteiger partial charge in [-0.15, -0.1) is 0 Å². The van der Waals surface area contributed by atoms with E-state index in [4.69, 9.17) is 0 Å². The van der Waals surface area contributed by atoms with Crippen molar-refractivity contribution in [2.24, 2.45) is 0 Å². The molecule has 1 aromatic carbocycles. The van der Waals surface area contributed by atoms with Crippen LogP contribution in [-0.4, -0.2) is 48.9 Å². The zero-order valence-corrected chi connectivity index (χ0v) is 14.4. The molecule has 1 saturated heterocycles. The Bertz CT molecular complexity index is 479. The second kappa shape index (κ2) is 6.37. The van der Waals surface area contributed by atoms with Crippen molar-refractivity contribution in [3.63, 3.8) is 0 Å². The van der Waals surface area contributed by atoms with Crippen LogP contribution < -0.4 is 0 Å². The maximum atomic E-state index is 12.5. The SMILES string of the molecule is CN(CC1CCCN1C)C(=O)c1cc(Br)ccc1Br. The van der Waals surface area contributed by atoms with Crippen molar-refractivity contribution in [2.75, 3.05) is 27.2 Å². The number of benzene rings is 1. The van der Waals surface area contributed by atoms with Crippen molar-refractivity contribution >= 4 is 37.8 Å². The third kappa shape index (κ3) is 3.58. The van der Waals surface area contributed by atoms with Crippen molar-refractivity contribution in [3.8, 4) is 0 Å². The first-order valence-corrected chi connectivity index (χ1v) is 7.98. The summed E-state index contributed by atoms with van der Waals surface area (Å²) < 4.78 is 1.76. The largest absolute Gasteiger partial charge is 0.340 e. The molecule has 5 heteroatoms. The van der Waals surface area contributed by atoms with Crippen molar-refractivity contribution in [2.45, 2.75) is 18.9 Å². The number of likely N-dealkylation sites (N-methyl/N-ethyl adjacent to an activating group) is 2. The van der Waals surface area contributed by atoms with Gasteiger partial charge in [0, 0.05) is 28.6 Å². The molecule has 1 heterocycles. The van der Waals surface area contributed by atoms with Gasteiger partial charge >= 0.3 is 0 Å². The predicted molar refractivity (Wildman–Crippen MR) is 84.5 cm³/mol. The van der Waals surface area contributed by atoms with Gasteiger partial charge in [0.05, 0.1) is 5.56 Å². The second-order valence-electron chi connectivity index (χ2n) is 5.09. The fourth-order valence-corrected chi connectivity index (χ4v) is 3.25. The minimum Gasteiger partial charge on any atom is -0.340 e. The van der Waals surface area contributed by atoms with Crippen LogP contribution in [0.15, 0.2) is 27.1 Å². The molecular weight excluding hydrogens is 372 g/mol. The number of nitrogens with zero attached hydrogens (tertiary/aromatic N) is 2. The summed E-state index contributed by atoms with van der Waals surface area (Å²) in [6.07, 6.45) is 2.40. The molecule has 0 bridgehead atoms.